The van der Waals surface area contributed by atoms with Crippen LogP contribution in [0.3, 0.4) is 0 Å². The molecule has 9 heteroatoms. The molecule has 0 radical (unpaired) electrons. The summed E-state index contributed by atoms with van der Waals surface area (Å²) < 4.78 is 0. The second-order valence-corrected chi connectivity index (χ2v) is 5.38. The van der Waals surface area contributed by atoms with Gasteiger partial charge in [0.05, 0.1) is 41.6 Å². The first-order valence-corrected chi connectivity index (χ1v) is 8.12. The van der Waals surface area contributed by atoms with Crippen LogP contribution in [0.15, 0.2) is 74.0 Å². The monoisotopic (exact) mass is 357 g/mol. The van der Waals surface area contributed by atoms with Crippen LogP contribution in [0.25, 0.3) is 33.2 Å². The molecular formula is C18H15N9. The number of imidazole rings is 2. The Morgan fingerprint density at radius 3 is 2.48 bits per heavy atom. The number of pyridine rings is 2. The average Bonchev–Trinajstić information content (AvgIpc) is 3.48. The Hall–Kier alpha value is -4.14. The van der Waals surface area contributed by atoms with Gasteiger partial charge in [-0.25, -0.2) is 15.0 Å². The van der Waals surface area contributed by atoms with Crippen LogP contribution in [0, 0.1) is 0 Å². The third kappa shape index (κ3) is 3.93. The summed E-state index contributed by atoms with van der Waals surface area (Å²) in [6.07, 6.45) is 12.0. The van der Waals surface area contributed by atoms with Crippen molar-refractivity contribution in [3.63, 3.8) is 0 Å². The van der Waals surface area contributed by atoms with E-state index in [1.807, 2.05) is 36.5 Å². The number of nitrogens with one attached hydrogen (secondary N) is 3. The minimum absolute atomic E-state index is 0.845. The first kappa shape index (κ1) is 16.3. The van der Waals surface area contributed by atoms with Gasteiger partial charge in [0.1, 0.15) is 11.0 Å². The van der Waals surface area contributed by atoms with Gasteiger partial charge in [0.25, 0.3) is 0 Å². The third-order valence-corrected chi connectivity index (χ3v) is 3.64. The molecule has 0 saturated carbocycles. The quantitative estimate of drug-likeness (QED) is 0.384. The van der Waals surface area contributed by atoms with E-state index >= 15 is 0 Å². The number of hydrogen-bond acceptors (Lipinski definition) is 6. The van der Waals surface area contributed by atoms with Crippen molar-refractivity contribution in [1.82, 2.24) is 45.1 Å². The molecule has 0 aliphatic rings. The molecule has 6 aromatic rings. The lowest BCUT2D eigenvalue weighted by molar-refractivity contribution is 1.08. The van der Waals surface area contributed by atoms with Crippen LogP contribution in [0.1, 0.15) is 0 Å². The van der Waals surface area contributed by atoms with E-state index in [0.29, 0.717) is 0 Å². The summed E-state index contributed by atoms with van der Waals surface area (Å²) in [5.41, 5.74) is 5.65. The van der Waals surface area contributed by atoms with Crippen molar-refractivity contribution in [1.29, 1.82) is 0 Å². The van der Waals surface area contributed by atoms with Gasteiger partial charge in [-0.1, -0.05) is 0 Å². The second kappa shape index (κ2) is 7.83. The van der Waals surface area contributed by atoms with Crippen molar-refractivity contribution in [3.8, 4) is 0 Å². The number of hydrogen-bond donors (Lipinski definition) is 3. The summed E-state index contributed by atoms with van der Waals surface area (Å²) in [4.78, 5) is 24.8. The first-order chi connectivity index (χ1) is 13.4. The topological polar surface area (TPSA) is 125 Å². The lowest BCUT2D eigenvalue weighted by atomic mass is 10.4. The molecule has 0 spiro atoms. The van der Waals surface area contributed by atoms with Gasteiger partial charge in [-0.2, -0.15) is 5.10 Å². The van der Waals surface area contributed by atoms with E-state index in [1.165, 1.54) is 0 Å². The second-order valence-electron chi connectivity index (χ2n) is 5.38. The molecule has 0 aliphatic heterocycles. The Morgan fingerprint density at radius 2 is 1.59 bits per heavy atom. The lowest BCUT2D eigenvalue weighted by Crippen LogP contribution is -1.76. The molecule has 6 rings (SSSR count). The van der Waals surface area contributed by atoms with Crippen LogP contribution in [0.2, 0.25) is 0 Å². The maximum absolute atomic E-state index is 4.02. The largest absolute Gasteiger partial charge is 0.360 e. The third-order valence-electron chi connectivity index (χ3n) is 3.64. The summed E-state index contributed by atoms with van der Waals surface area (Å²) in [5.74, 6) is 0. The van der Waals surface area contributed by atoms with Crippen LogP contribution in [0.4, 0.5) is 0 Å². The van der Waals surface area contributed by atoms with Gasteiger partial charge in [-0.15, -0.1) is 5.10 Å². The van der Waals surface area contributed by atoms with E-state index in [2.05, 4.69) is 45.1 Å². The van der Waals surface area contributed by atoms with E-state index in [9.17, 15) is 0 Å². The van der Waals surface area contributed by atoms with Gasteiger partial charge in [0.2, 0.25) is 0 Å². The van der Waals surface area contributed by atoms with Gasteiger partial charge in [-0.05, 0) is 30.3 Å². The molecule has 6 heterocycles. The van der Waals surface area contributed by atoms with Crippen molar-refractivity contribution < 1.29 is 0 Å². The molecule has 0 fully saturated rings. The zero-order valence-corrected chi connectivity index (χ0v) is 14.1. The summed E-state index contributed by atoms with van der Waals surface area (Å²) in [5, 5.41) is 7.58. The number of H-pyrrole nitrogens is 3. The van der Waals surface area contributed by atoms with E-state index in [4.69, 9.17) is 0 Å². The number of fused-ring (bicyclic) bond motifs is 3. The zero-order valence-electron chi connectivity index (χ0n) is 14.1. The Labute approximate surface area is 153 Å². The average molecular weight is 357 g/mol. The van der Waals surface area contributed by atoms with Gasteiger partial charge in [0, 0.05) is 18.6 Å². The highest BCUT2D eigenvalue weighted by Gasteiger charge is 1.91. The van der Waals surface area contributed by atoms with Crippen LogP contribution in [-0.2, 0) is 0 Å². The molecule has 3 N–H and O–H groups in total. The predicted octanol–water partition coefficient (Wildman–Crippen LogP) is 2.87. The van der Waals surface area contributed by atoms with Crippen LogP contribution < -0.4 is 0 Å². The minimum atomic E-state index is 0.845. The maximum Gasteiger partial charge on any atom is 0.157 e. The van der Waals surface area contributed by atoms with Crippen molar-refractivity contribution >= 4 is 33.2 Å². The molecule has 132 valence electrons. The number of aromatic amines is 3. The number of nitrogens with zero attached hydrogens (tertiary/aromatic N) is 6. The van der Waals surface area contributed by atoms with Gasteiger partial charge in [-0.3, -0.25) is 4.98 Å². The fraction of sp³-hybridized carbons (Fsp3) is 0. The summed E-state index contributed by atoms with van der Waals surface area (Å²) >= 11 is 0. The fourth-order valence-electron chi connectivity index (χ4n) is 2.36. The molecule has 0 saturated heterocycles. The summed E-state index contributed by atoms with van der Waals surface area (Å²) in [6.45, 7) is 0. The van der Waals surface area contributed by atoms with Crippen LogP contribution in [0.5, 0.6) is 0 Å². The molecular weight excluding hydrogens is 342 g/mol. The molecule has 6 aromatic heterocycles. The predicted molar refractivity (Wildman–Crippen MR) is 102 cm³/mol. The van der Waals surface area contributed by atoms with Crippen LogP contribution in [-0.4, -0.2) is 45.1 Å². The minimum Gasteiger partial charge on any atom is -0.360 e. The standard InChI is InChI=1S/3C6H5N3/c1-3-7-5-2-4-8-9-6(1)5;1-2-7-3-6-5(1)8-4-9-6;1-2-5-6(7-3-1)9-4-8-5/h1-4,7H;1-4H,(H,8,9);1-4H,(H,7,8,9). The van der Waals surface area contributed by atoms with E-state index in [1.54, 1.807) is 37.4 Å². The number of rotatable bonds is 0. The van der Waals surface area contributed by atoms with Crippen LogP contribution >= 0.6 is 0 Å². The molecule has 0 unspecified atom stereocenters. The van der Waals surface area contributed by atoms with Gasteiger partial charge >= 0.3 is 0 Å². The van der Waals surface area contributed by atoms with Crippen molar-refractivity contribution in [2.75, 3.05) is 0 Å². The first-order valence-electron chi connectivity index (χ1n) is 8.12. The molecule has 0 aliphatic carbocycles. The Morgan fingerprint density at radius 1 is 0.667 bits per heavy atom. The molecule has 0 atom stereocenters. The lowest BCUT2D eigenvalue weighted by Gasteiger charge is -1.81. The van der Waals surface area contributed by atoms with Gasteiger partial charge in [0.15, 0.2) is 5.65 Å². The van der Waals surface area contributed by atoms with Gasteiger partial charge < -0.3 is 15.0 Å². The zero-order chi connectivity index (χ0) is 18.3. The van der Waals surface area contributed by atoms with Crippen molar-refractivity contribution in [2.45, 2.75) is 0 Å². The number of aromatic nitrogens is 9. The summed E-state index contributed by atoms with van der Waals surface area (Å²) in [6, 6.07) is 9.43. The smallest absolute Gasteiger partial charge is 0.157 e. The highest BCUT2D eigenvalue weighted by molar-refractivity contribution is 5.73. The maximum atomic E-state index is 4.02. The Kier molecular flexibility index (Phi) is 4.74. The normalized spacial score (nSPS) is 10.2. The molecule has 0 bridgehead atoms. The Bertz CT molecular complexity index is 1000. The van der Waals surface area contributed by atoms with E-state index in [-0.39, 0.29) is 0 Å². The summed E-state index contributed by atoms with van der Waals surface area (Å²) in [7, 11) is 0. The molecule has 9 nitrogen and oxygen atoms in total. The SMILES string of the molecule is c1cc2[nH]ccc2nn1.c1cc2nc[nH]c2cn1.c1cnc2[nH]cnc2c1. The fourth-order valence-corrected chi connectivity index (χ4v) is 2.36. The Balaban J connectivity index is 0.0000001000. The van der Waals surface area contributed by atoms with Crippen molar-refractivity contribution in [2.24, 2.45) is 0 Å². The molecule has 0 amide bonds. The highest BCUT2D eigenvalue weighted by atomic mass is 15.1. The van der Waals surface area contributed by atoms with E-state index in [0.717, 1.165) is 33.2 Å². The molecule has 27 heavy (non-hydrogen) atoms. The van der Waals surface area contributed by atoms with E-state index < -0.39 is 0 Å². The van der Waals surface area contributed by atoms with Crippen molar-refractivity contribution in [3.05, 3.63) is 74.0 Å². The molecule has 0 aromatic carbocycles. The highest BCUT2D eigenvalue weighted by Crippen LogP contribution is 2.04.